The fraction of sp³-hybridized carbons (Fsp3) is 0.500. The van der Waals surface area contributed by atoms with Crippen molar-refractivity contribution in [1.82, 2.24) is 14.7 Å². The lowest BCUT2D eigenvalue weighted by molar-refractivity contribution is 0.338. The fourth-order valence-electron chi connectivity index (χ4n) is 2.37. The van der Waals surface area contributed by atoms with Crippen molar-refractivity contribution in [1.29, 1.82) is 0 Å². The Kier molecular flexibility index (Phi) is 2.83. The summed E-state index contributed by atoms with van der Waals surface area (Å²) in [7, 11) is 0. The van der Waals surface area contributed by atoms with Crippen molar-refractivity contribution in [3.8, 4) is 0 Å². The van der Waals surface area contributed by atoms with Gasteiger partial charge in [-0.1, -0.05) is 11.6 Å². The van der Waals surface area contributed by atoms with Crippen LogP contribution in [0.15, 0.2) is 24.5 Å². The highest BCUT2D eigenvalue weighted by Gasteiger charge is 2.37. The van der Waals surface area contributed by atoms with Crippen molar-refractivity contribution in [2.24, 2.45) is 5.92 Å². The summed E-state index contributed by atoms with van der Waals surface area (Å²) in [6, 6.07) is 3.81. The average Bonchev–Trinajstić information content (AvgIpc) is 3.09. The number of aromatic nitrogens is 2. The van der Waals surface area contributed by atoms with Gasteiger partial charge >= 0.3 is 0 Å². The van der Waals surface area contributed by atoms with Gasteiger partial charge in [0.15, 0.2) is 0 Å². The van der Waals surface area contributed by atoms with E-state index in [-0.39, 0.29) is 5.54 Å². The van der Waals surface area contributed by atoms with Gasteiger partial charge in [-0.3, -0.25) is 0 Å². The summed E-state index contributed by atoms with van der Waals surface area (Å²) in [5.41, 5.74) is 2.22. The molecule has 3 rings (SSSR count). The molecule has 0 unspecified atom stereocenters. The molecule has 0 aliphatic heterocycles. The Morgan fingerprint density at radius 2 is 2.17 bits per heavy atom. The number of fused-ring (bicyclic) bond motifs is 1. The van der Waals surface area contributed by atoms with Crippen LogP contribution in [0.1, 0.15) is 32.4 Å². The van der Waals surface area contributed by atoms with Crippen LogP contribution in [-0.4, -0.2) is 14.9 Å². The molecule has 1 aliphatic carbocycles. The summed E-state index contributed by atoms with van der Waals surface area (Å²) in [5.74, 6) is 0.823. The van der Waals surface area contributed by atoms with Crippen molar-refractivity contribution in [2.45, 2.75) is 38.8 Å². The van der Waals surface area contributed by atoms with Gasteiger partial charge in [-0.25, -0.2) is 4.98 Å². The first-order valence-electron chi connectivity index (χ1n) is 6.43. The van der Waals surface area contributed by atoms with Crippen LogP contribution >= 0.6 is 11.6 Å². The number of hydrogen-bond acceptors (Lipinski definition) is 2. The average molecular weight is 264 g/mol. The Morgan fingerprint density at radius 1 is 1.39 bits per heavy atom. The third kappa shape index (κ3) is 2.38. The third-order valence-corrected chi connectivity index (χ3v) is 4.01. The number of rotatable bonds is 4. The van der Waals surface area contributed by atoms with Gasteiger partial charge in [-0.05, 0) is 44.7 Å². The summed E-state index contributed by atoms with van der Waals surface area (Å²) < 4.78 is 1.98. The molecule has 0 aromatic carbocycles. The van der Waals surface area contributed by atoms with Crippen molar-refractivity contribution in [3.05, 3.63) is 35.2 Å². The highest BCUT2D eigenvalue weighted by Crippen LogP contribution is 2.39. The van der Waals surface area contributed by atoms with Crippen LogP contribution in [0.2, 0.25) is 5.02 Å². The SMILES string of the molecule is CC(C)(NCc1cn2cc(Cl)ccc2n1)C1CC1. The quantitative estimate of drug-likeness (QED) is 0.917. The largest absolute Gasteiger partial charge is 0.306 e. The molecule has 18 heavy (non-hydrogen) atoms. The van der Waals surface area contributed by atoms with E-state index in [1.54, 1.807) is 0 Å². The fourth-order valence-corrected chi connectivity index (χ4v) is 2.54. The normalized spacial score (nSPS) is 16.4. The molecular formula is C14H18ClN3. The second-order valence-corrected chi connectivity index (χ2v) is 6.13. The Bertz CT molecular complexity index is 569. The molecule has 0 amide bonds. The van der Waals surface area contributed by atoms with Gasteiger partial charge in [0.25, 0.3) is 0 Å². The van der Waals surface area contributed by atoms with E-state index in [2.05, 4.69) is 24.1 Å². The molecule has 1 fully saturated rings. The summed E-state index contributed by atoms with van der Waals surface area (Å²) in [5, 5.41) is 4.34. The molecule has 96 valence electrons. The Labute approximate surface area is 112 Å². The van der Waals surface area contributed by atoms with Gasteiger partial charge in [0.2, 0.25) is 0 Å². The number of nitrogens with one attached hydrogen (secondary N) is 1. The molecule has 1 aliphatic rings. The Balaban J connectivity index is 1.74. The van der Waals surface area contributed by atoms with Crippen LogP contribution in [0.5, 0.6) is 0 Å². The highest BCUT2D eigenvalue weighted by molar-refractivity contribution is 6.30. The first kappa shape index (κ1) is 12.0. The molecule has 4 heteroatoms. The number of pyridine rings is 1. The Hall–Kier alpha value is -1.06. The number of halogens is 1. The van der Waals surface area contributed by atoms with E-state index >= 15 is 0 Å². The van der Waals surface area contributed by atoms with Crippen LogP contribution < -0.4 is 5.32 Å². The number of imidazole rings is 1. The van der Waals surface area contributed by atoms with Crippen LogP contribution in [-0.2, 0) is 6.54 Å². The predicted molar refractivity (Wildman–Crippen MR) is 73.8 cm³/mol. The topological polar surface area (TPSA) is 29.3 Å². The smallest absolute Gasteiger partial charge is 0.137 e. The monoisotopic (exact) mass is 263 g/mol. The van der Waals surface area contributed by atoms with E-state index in [0.717, 1.165) is 28.8 Å². The van der Waals surface area contributed by atoms with Crippen molar-refractivity contribution in [2.75, 3.05) is 0 Å². The molecule has 2 aromatic rings. The van der Waals surface area contributed by atoms with Gasteiger partial charge in [-0.15, -0.1) is 0 Å². The molecule has 2 aromatic heterocycles. The van der Waals surface area contributed by atoms with Gasteiger partial charge < -0.3 is 9.72 Å². The predicted octanol–water partition coefficient (Wildman–Crippen LogP) is 3.27. The van der Waals surface area contributed by atoms with E-state index in [1.165, 1.54) is 12.8 Å². The van der Waals surface area contributed by atoms with E-state index < -0.39 is 0 Å². The minimum absolute atomic E-state index is 0.216. The van der Waals surface area contributed by atoms with Gasteiger partial charge in [0.05, 0.1) is 10.7 Å². The molecule has 3 nitrogen and oxygen atoms in total. The first-order chi connectivity index (χ1) is 8.54. The minimum atomic E-state index is 0.216. The van der Waals surface area contributed by atoms with Crippen LogP contribution in [0.25, 0.3) is 5.65 Å². The second kappa shape index (κ2) is 4.25. The zero-order valence-electron chi connectivity index (χ0n) is 10.8. The lowest BCUT2D eigenvalue weighted by Crippen LogP contribution is -2.40. The molecule has 1 N–H and O–H groups in total. The lowest BCUT2D eigenvalue weighted by Gasteiger charge is -2.25. The molecule has 0 bridgehead atoms. The van der Waals surface area contributed by atoms with Crippen LogP contribution in [0.4, 0.5) is 0 Å². The maximum Gasteiger partial charge on any atom is 0.137 e. The number of hydrogen-bond donors (Lipinski definition) is 1. The van der Waals surface area contributed by atoms with E-state index in [1.807, 2.05) is 28.9 Å². The molecule has 0 radical (unpaired) electrons. The summed E-state index contributed by atoms with van der Waals surface area (Å²) in [6.07, 6.45) is 6.62. The Morgan fingerprint density at radius 3 is 2.89 bits per heavy atom. The highest BCUT2D eigenvalue weighted by atomic mass is 35.5. The van der Waals surface area contributed by atoms with Gasteiger partial charge in [0, 0.05) is 24.5 Å². The minimum Gasteiger partial charge on any atom is -0.306 e. The van der Waals surface area contributed by atoms with E-state index in [0.29, 0.717) is 0 Å². The standard InChI is InChI=1S/C14H18ClN3/c1-14(2,10-3-4-10)16-7-12-9-18-8-11(15)5-6-13(18)17-12/h5-6,8-10,16H,3-4,7H2,1-2H3. The molecule has 0 saturated heterocycles. The second-order valence-electron chi connectivity index (χ2n) is 5.69. The maximum atomic E-state index is 5.96. The van der Waals surface area contributed by atoms with Gasteiger partial charge in [-0.2, -0.15) is 0 Å². The zero-order valence-corrected chi connectivity index (χ0v) is 11.5. The van der Waals surface area contributed by atoms with E-state index in [9.17, 15) is 0 Å². The molecular weight excluding hydrogens is 246 g/mol. The van der Waals surface area contributed by atoms with Crippen molar-refractivity contribution < 1.29 is 0 Å². The molecule has 0 atom stereocenters. The van der Waals surface area contributed by atoms with Gasteiger partial charge in [0.1, 0.15) is 5.65 Å². The third-order valence-electron chi connectivity index (χ3n) is 3.79. The first-order valence-corrected chi connectivity index (χ1v) is 6.80. The van der Waals surface area contributed by atoms with E-state index in [4.69, 9.17) is 11.6 Å². The molecule has 2 heterocycles. The maximum absolute atomic E-state index is 5.96. The van der Waals surface area contributed by atoms with Crippen molar-refractivity contribution >= 4 is 17.2 Å². The summed E-state index contributed by atoms with van der Waals surface area (Å²) in [4.78, 5) is 4.58. The summed E-state index contributed by atoms with van der Waals surface area (Å²) >= 11 is 5.96. The van der Waals surface area contributed by atoms with Crippen LogP contribution in [0, 0.1) is 5.92 Å². The molecule has 1 saturated carbocycles. The molecule has 0 spiro atoms. The van der Waals surface area contributed by atoms with Crippen LogP contribution in [0.3, 0.4) is 0 Å². The number of nitrogens with zero attached hydrogens (tertiary/aromatic N) is 2. The van der Waals surface area contributed by atoms with Crippen molar-refractivity contribution in [3.63, 3.8) is 0 Å². The summed E-state index contributed by atoms with van der Waals surface area (Å²) in [6.45, 7) is 5.36. The zero-order chi connectivity index (χ0) is 12.8. The lowest BCUT2D eigenvalue weighted by atomic mass is 9.99.